The quantitative estimate of drug-likeness (QED) is 0.349. The maximum absolute atomic E-state index is 15.0. The monoisotopic (exact) mass is 464 g/mol. The van der Waals surface area contributed by atoms with Gasteiger partial charge in [-0.05, 0) is 56.6 Å². The number of ether oxygens (including phenoxy) is 3. The predicted octanol–water partition coefficient (Wildman–Crippen LogP) is 6.76. The molecule has 2 aliphatic heterocycles. The molecule has 2 fully saturated rings. The van der Waals surface area contributed by atoms with Crippen LogP contribution in [0.4, 0.5) is 17.6 Å². The van der Waals surface area contributed by atoms with Gasteiger partial charge in [0, 0.05) is 16.7 Å². The third-order valence-electron chi connectivity index (χ3n) is 6.68. The summed E-state index contributed by atoms with van der Waals surface area (Å²) < 4.78 is 75.4. The second kappa shape index (κ2) is 10.3. The molecule has 0 N–H and O–H groups in total. The Morgan fingerprint density at radius 1 is 0.848 bits per heavy atom. The molecule has 3 nitrogen and oxygen atoms in total. The molecule has 4 unspecified atom stereocenters. The summed E-state index contributed by atoms with van der Waals surface area (Å²) in [6.07, 6.45) is 4.65. The van der Waals surface area contributed by atoms with E-state index in [0.29, 0.717) is 31.5 Å². The molecule has 0 bridgehead atoms. The molecule has 2 aromatic carbocycles. The lowest BCUT2D eigenvalue weighted by Crippen LogP contribution is -2.34. The van der Waals surface area contributed by atoms with Gasteiger partial charge in [-0.15, -0.1) is 6.58 Å². The van der Waals surface area contributed by atoms with Gasteiger partial charge in [-0.1, -0.05) is 18.2 Å². The largest absolute Gasteiger partial charge is 0.491 e. The molecule has 4 rings (SSSR count). The third kappa shape index (κ3) is 4.80. The summed E-state index contributed by atoms with van der Waals surface area (Å²) >= 11 is 0. The molecule has 0 aromatic heterocycles. The van der Waals surface area contributed by atoms with Crippen LogP contribution in [0, 0.1) is 35.1 Å². The molecule has 0 saturated carbocycles. The highest BCUT2D eigenvalue weighted by Crippen LogP contribution is 2.40. The highest BCUT2D eigenvalue weighted by molar-refractivity contribution is 5.66. The van der Waals surface area contributed by atoms with E-state index in [1.807, 2.05) is 6.08 Å². The Balaban J connectivity index is 1.48. The van der Waals surface area contributed by atoms with Crippen LogP contribution in [0.25, 0.3) is 11.1 Å². The molecule has 178 valence electrons. The van der Waals surface area contributed by atoms with Crippen molar-refractivity contribution in [2.45, 2.75) is 44.8 Å². The highest BCUT2D eigenvalue weighted by Gasteiger charge is 2.33. The van der Waals surface area contributed by atoms with Crippen LogP contribution in [0.2, 0.25) is 0 Å². The SMILES string of the molecule is C=CC1CCC(C2CCC(c3ccc(-c4ccc(OCC)c(F)c4F)c(F)c3F)OC2)CO1. The standard InChI is InChI=1S/C26H28F4O3/c1-3-17-7-5-15(13-32-17)16-6-11-21(33-14-16)20-9-8-18(23(27)25(20)29)19-10-12-22(31-4-2)26(30)24(19)28/h3,8-10,12,15-17,21H,1,4-7,11,13-14H2,2H3. The maximum atomic E-state index is 15.0. The highest BCUT2D eigenvalue weighted by atomic mass is 19.2. The number of benzene rings is 2. The van der Waals surface area contributed by atoms with Crippen LogP contribution in [-0.4, -0.2) is 25.9 Å². The average Bonchev–Trinajstić information content (AvgIpc) is 2.85. The lowest BCUT2D eigenvalue weighted by atomic mass is 9.81. The fourth-order valence-electron chi connectivity index (χ4n) is 4.77. The molecule has 0 radical (unpaired) electrons. The van der Waals surface area contributed by atoms with Crippen molar-refractivity contribution in [3.05, 3.63) is 65.8 Å². The number of halogens is 4. The van der Waals surface area contributed by atoms with Gasteiger partial charge in [0.1, 0.15) is 0 Å². The summed E-state index contributed by atoms with van der Waals surface area (Å²) in [4.78, 5) is 0. The topological polar surface area (TPSA) is 27.7 Å². The molecule has 4 atom stereocenters. The van der Waals surface area contributed by atoms with Gasteiger partial charge in [0.2, 0.25) is 5.82 Å². The molecule has 0 spiro atoms. The van der Waals surface area contributed by atoms with Gasteiger partial charge in [-0.2, -0.15) is 4.39 Å². The smallest absolute Gasteiger partial charge is 0.201 e. The van der Waals surface area contributed by atoms with Gasteiger partial charge < -0.3 is 14.2 Å². The zero-order chi connectivity index (χ0) is 23.5. The second-order valence-corrected chi connectivity index (χ2v) is 8.61. The first-order valence-electron chi connectivity index (χ1n) is 11.4. The van der Waals surface area contributed by atoms with Crippen LogP contribution in [0.5, 0.6) is 5.75 Å². The lowest BCUT2D eigenvalue weighted by Gasteiger charge is -2.37. The van der Waals surface area contributed by atoms with Crippen molar-refractivity contribution in [1.82, 2.24) is 0 Å². The van der Waals surface area contributed by atoms with Crippen LogP contribution in [-0.2, 0) is 9.47 Å². The molecule has 33 heavy (non-hydrogen) atoms. The van der Waals surface area contributed by atoms with E-state index >= 15 is 0 Å². The fourth-order valence-corrected chi connectivity index (χ4v) is 4.77. The van der Waals surface area contributed by atoms with E-state index in [9.17, 15) is 17.6 Å². The molecule has 2 aromatic rings. The van der Waals surface area contributed by atoms with Gasteiger partial charge in [0.15, 0.2) is 23.2 Å². The van der Waals surface area contributed by atoms with Crippen LogP contribution in [0.1, 0.15) is 44.3 Å². The zero-order valence-corrected chi connectivity index (χ0v) is 18.6. The van der Waals surface area contributed by atoms with Gasteiger partial charge in [0.25, 0.3) is 0 Å². The maximum Gasteiger partial charge on any atom is 0.201 e. The summed E-state index contributed by atoms with van der Waals surface area (Å²) in [7, 11) is 0. The minimum absolute atomic E-state index is 0.0909. The molecule has 2 saturated heterocycles. The molecular weight excluding hydrogens is 436 g/mol. The van der Waals surface area contributed by atoms with E-state index in [-0.39, 0.29) is 35.2 Å². The minimum atomic E-state index is -1.28. The van der Waals surface area contributed by atoms with Crippen molar-refractivity contribution >= 4 is 0 Å². The summed E-state index contributed by atoms with van der Waals surface area (Å²) in [5, 5.41) is 0. The van der Waals surface area contributed by atoms with Crippen LogP contribution >= 0.6 is 0 Å². The van der Waals surface area contributed by atoms with Crippen LogP contribution < -0.4 is 4.74 Å². The van der Waals surface area contributed by atoms with E-state index in [1.165, 1.54) is 24.3 Å². The van der Waals surface area contributed by atoms with Crippen molar-refractivity contribution in [2.24, 2.45) is 11.8 Å². The summed E-state index contributed by atoms with van der Waals surface area (Å²) in [6.45, 7) is 6.65. The lowest BCUT2D eigenvalue weighted by molar-refractivity contribution is -0.0721. The first-order valence-corrected chi connectivity index (χ1v) is 11.4. The van der Waals surface area contributed by atoms with Crippen molar-refractivity contribution in [3.63, 3.8) is 0 Å². The zero-order valence-electron chi connectivity index (χ0n) is 18.6. The van der Waals surface area contributed by atoms with Gasteiger partial charge in [0.05, 0.1) is 32.0 Å². The molecular formula is C26H28F4O3. The number of rotatable bonds is 6. The van der Waals surface area contributed by atoms with Crippen molar-refractivity contribution in [3.8, 4) is 16.9 Å². The average molecular weight is 464 g/mol. The van der Waals surface area contributed by atoms with Gasteiger partial charge in [-0.3, -0.25) is 0 Å². The summed E-state index contributed by atoms with van der Waals surface area (Å²) in [5.41, 5.74) is -0.618. The van der Waals surface area contributed by atoms with Gasteiger partial charge in [-0.25, -0.2) is 13.2 Å². The van der Waals surface area contributed by atoms with E-state index in [1.54, 1.807) is 6.92 Å². The molecule has 2 aliphatic rings. The molecule has 2 heterocycles. The van der Waals surface area contributed by atoms with Crippen molar-refractivity contribution in [1.29, 1.82) is 0 Å². The Bertz CT molecular complexity index is 994. The molecule has 0 amide bonds. The van der Waals surface area contributed by atoms with E-state index in [0.717, 1.165) is 19.3 Å². The molecule has 0 aliphatic carbocycles. The third-order valence-corrected chi connectivity index (χ3v) is 6.68. The number of hydrogen-bond donors (Lipinski definition) is 0. The summed E-state index contributed by atoms with van der Waals surface area (Å²) in [6, 6.07) is 5.06. The molecule has 7 heteroatoms. The predicted molar refractivity (Wildman–Crippen MR) is 117 cm³/mol. The first kappa shape index (κ1) is 23.8. The van der Waals surface area contributed by atoms with Gasteiger partial charge >= 0.3 is 0 Å². The van der Waals surface area contributed by atoms with E-state index in [2.05, 4.69) is 6.58 Å². The second-order valence-electron chi connectivity index (χ2n) is 8.61. The van der Waals surface area contributed by atoms with Crippen molar-refractivity contribution < 1.29 is 31.8 Å². The van der Waals surface area contributed by atoms with Crippen LogP contribution in [0.3, 0.4) is 0 Å². The van der Waals surface area contributed by atoms with E-state index in [4.69, 9.17) is 14.2 Å². The Labute approximate surface area is 191 Å². The number of hydrogen-bond acceptors (Lipinski definition) is 3. The van der Waals surface area contributed by atoms with Crippen molar-refractivity contribution in [2.75, 3.05) is 19.8 Å². The Kier molecular flexibility index (Phi) is 7.39. The van der Waals surface area contributed by atoms with E-state index < -0.39 is 29.4 Å². The van der Waals surface area contributed by atoms with Crippen LogP contribution in [0.15, 0.2) is 36.9 Å². The Morgan fingerprint density at radius 2 is 1.48 bits per heavy atom. The minimum Gasteiger partial charge on any atom is -0.491 e. The first-order chi connectivity index (χ1) is 15.9. The normalized spacial score (nSPS) is 25.6. The Hall–Kier alpha value is -2.38. The summed E-state index contributed by atoms with van der Waals surface area (Å²) in [5.74, 6) is -4.42. The Morgan fingerprint density at radius 3 is 2.06 bits per heavy atom. The fraction of sp³-hybridized carbons (Fsp3) is 0.462.